The lowest BCUT2D eigenvalue weighted by atomic mass is 10.0. The number of hydrogen-bond donors (Lipinski definition) is 0. The molecule has 0 aliphatic carbocycles. The van der Waals surface area contributed by atoms with Gasteiger partial charge in [-0.25, -0.2) is 4.39 Å². The Balaban J connectivity index is 1.51. The van der Waals surface area contributed by atoms with Gasteiger partial charge in [-0.1, -0.05) is 30.3 Å². The number of carbonyl (C=O) groups excluding carboxylic acids is 1. The van der Waals surface area contributed by atoms with Crippen LogP contribution in [0.15, 0.2) is 79.0 Å². The summed E-state index contributed by atoms with van der Waals surface area (Å²) in [5, 5.41) is 0.797. The van der Waals surface area contributed by atoms with E-state index in [2.05, 4.69) is 0 Å². The van der Waals surface area contributed by atoms with Gasteiger partial charge < -0.3 is 14.0 Å². The Hall–Kier alpha value is -3.60. The molecule has 5 heteroatoms. The molecule has 4 nitrogen and oxygen atoms in total. The van der Waals surface area contributed by atoms with Crippen LogP contribution in [0.3, 0.4) is 0 Å². The lowest BCUT2D eigenvalue weighted by Crippen LogP contribution is -2.08. The Labute approximate surface area is 180 Å². The molecule has 31 heavy (non-hydrogen) atoms. The second-order valence-electron chi connectivity index (χ2n) is 7.55. The van der Waals surface area contributed by atoms with Crippen molar-refractivity contribution in [3.05, 3.63) is 95.9 Å². The zero-order valence-electron chi connectivity index (χ0n) is 17.5. The fourth-order valence-corrected chi connectivity index (χ4v) is 3.55. The molecule has 0 atom stereocenters. The first-order valence-electron chi connectivity index (χ1n) is 10.3. The van der Waals surface area contributed by atoms with E-state index < -0.39 is 5.82 Å². The molecule has 0 unspecified atom stereocenters. The van der Waals surface area contributed by atoms with Crippen LogP contribution in [0.1, 0.15) is 29.8 Å². The smallest absolute Gasteiger partial charge is 0.198 e. The van der Waals surface area contributed by atoms with E-state index in [9.17, 15) is 9.18 Å². The van der Waals surface area contributed by atoms with E-state index >= 15 is 0 Å². The van der Waals surface area contributed by atoms with Crippen LogP contribution < -0.4 is 9.47 Å². The van der Waals surface area contributed by atoms with Crippen LogP contribution in [0.2, 0.25) is 0 Å². The Morgan fingerprint density at radius 3 is 2.32 bits per heavy atom. The molecule has 0 spiro atoms. The van der Waals surface area contributed by atoms with E-state index in [1.54, 1.807) is 18.3 Å². The summed E-state index contributed by atoms with van der Waals surface area (Å²) >= 11 is 0. The maximum absolute atomic E-state index is 14.2. The molecule has 0 saturated carbocycles. The predicted molar refractivity (Wildman–Crippen MR) is 119 cm³/mol. The number of hydrogen-bond acceptors (Lipinski definition) is 3. The third kappa shape index (κ3) is 4.61. The molecule has 4 aromatic rings. The summed E-state index contributed by atoms with van der Waals surface area (Å²) in [7, 11) is 0. The minimum atomic E-state index is -0.516. The predicted octanol–water partition coefficient (Wildman–Crippen LogP) is 5.88. The van der Waals surface area contributed by atoms with Crippen molar-refractivity contribution in [2.24, 2.45) is 0 Å². The molecule has 0 aliphatic heterocycles. The number of nitrogens with zero attached hydrogens (tertiary/aromatic N) is 1. The molecule has 0 amide bonds. The van der Waals surface area contributed by atoms with Crippen molar-refractivity contribution in [2.45, 2.75) is 26.5 Å². The third-order valence-electron chi connectivity index (χ3n) is 4.95. The van der Waals surface area contributed by atoms with Gasteiger partial charge in [-0.15, -0.1) is 0 Å². The minimum Gasteiger partial charge on any atom is -0.492 e. The van der Waals surface area contributed by atoms with E-state index in [0.29, 0.717) is 18.7 Å². The van der Waals surface area contributed by atoms with Gasteiger partial charge in [0.25, 0.3) is 0 Å². The fraction of sp³-hybridized carbons (Fsp3) is 0.192. The quantitative estimate of drug-likeness (QED) is 0.336. The maximum Gasteiger partial charge on any atom is 0.198 e. The minimum absolute atomic E-state index is 0.0744. The Bertz CT molecular complexity index is 1190. The van der Waals surface area contributed by atoms with Gasteiger partial charge in [0.15, 0.2) is 5.78 Å². The standard InChI is InChI=1S/C26H24FNO3/c1-18(2)31-20-13-11-19(12-14-20)30-16-15-28-17-23(21-7-4-6-10-25(21)28)26(29)22-8-3-5-9-24(22)27/h3-14,17-18H,15-16H2,1-2H3. The normalized spacial score (nSPS) is 11.1. The van der Waals surface area contributed by atoms with Gasteiger partial charge in [-0.05, 0) is 56.3 Å². The molecular formula is C26H24FNO3. The average Bonchev–Trinajstić information content (AvgIpc) is 3.13. The molecule has 158 valence electrons. The van der Waals surface area contributed by atoms with Gasteiger partial charge in [0.1, 0.15) is 23.9 Å². The molecule has 0 N–H and O–H groups in total. The average molecular weight is 417 g/mol. The molecule has 0 aliphatic rings. The summed E-state index contributed by atoms with van der Waals surface area (Å²) in [6.45, 7) is 4.94. The Kier molecular flexibility index (Phi) is 6.03. The number of fused-ring (bicyclic) bond motifs is 1. The first-order chi connectivity index (χ1) is 15.0. The number of benzene rings is 3. The second-order valence-corrected chi connectivity index (χ2v) is 7.55. The highest BCUT2D eigenvalue weighted by molar-refractivity contribution is 6.16. The monoisotopic (exact) mass is 417 g/mol. The molecule has 1 aromatic heterocycles. The van der Waals surface area contributed by atoms with Crippen molar-refractivity contribution in [2.75, 3.05) is 6.61 Å². The molecule has 4 rings (SSSR count). The third-order valence-corrected chi connectivity index (χ3v) is 4.95. The highest BCUT2D eigenvalue weighted by Gasteiger charge is 2.19. The highest BCUT2D eigenvalue weighted by Crippen LogP contribution is 2.25. The van der Waals surface area contributed by atoms with Gasteiger partial charge in [-0.2, -0.15) is 0 Å². The van der Waals surface area contributed by atoms with E-state index in [1.165, 1.54) is 12.1 Å². The van der Waals surface area contributed by atoms with E-state index in [1.807, 2.05) is 66.9 Å². The van der Waals surface area contributed by atoms with Crippen LogP contribution in [0.4, 0.5) is 4.39 Å². The summed E-state index contributed by atoms with van der Waals surface area (Å²) in [6.07, 6.45) is 1.90. The Morgan fingerprint density at radius 2 is 1.58 bits per heavy atom. The molecule has 0 fully saturated rings. The van der Waals surface area contributed by atoms with E-state index in [4.69, 9.17) is 9.47 Å². The van der Waals surface area contributed by atoms with Gasteiger partial charge in [0.2, 0.25) is 0 Å². The van der Waals surface area contributed by atoms with E-state index in [0.717, 1.165) is 22.4 Å². The first kappa shape index (κ1) is 20.7. The lowest BCUT2D eigenvalue weighted by Gasteiger charge is -2.11. The molecule has 0 radical (unpaired) electrons. The SMILES string of the molecule is CC(C)Oc1ccc(OCCn2cc(C(=O)c3ccccc3F)c3ccccc32)cc1. The summed E-state index contributed by atoms with van der Waals surface area (Å²) in [5.74, 6) is 0.706. The van der Waals surface area contributed by atoms with Crippen LogP contribution in [-0.4, -0.2) is 23.1 Å². The van der Waals surface area contributed by atoms with Crippen molar-refractivity contribution in [1.82, 2.24) is 4.57 Å². The van der Waals surface area contributed by atoms with Crippen LogP contribution in [-0.2, 0) is 6.54 Å². The second kappa shape index (κ2) is 9.04. The van der Waals surface area contributed by atoms with Gasteiger partial charge in [0, 0.05) is 22.7 Å². The Morgan fingerprint density at radius 1 is 0.903 bits per heavy atom. The number of carbonyl (C=O) groups is 1. The summed E-state index contributed by atoms with van der Waals surface area (Å²) in [5.41, 5.74) is 1.47. The molecule has 1 heterocycles. The zero-order valence-corrected chi connectivity index (χ0v) is 17.5. The fourth-order valence-electron chi connectivity index (χ4n) is 3.55. The molecule has 3 aromatic carbocycles. The molecule has 0 bridgehead atoms. The molecular weight excluding hydrogens is 393 g/mol. The van der Waals surface area contributed by atoms with Crippen molar-refractivity contribution < 1.29 is 18.7 Å². The number of para-hydroxylation sites is 1. The van der Waals surface area contributed by atoms with Crippen LogP contribution in [0, 0.1) is 5.82 Å². The van der Waals surface area contributed by atoms with Crippen LogP contribution >= 0.6 is 0 Å². The summed E-state index contributed by atoms with van der Waals surface area (Å²) < 4.78 is 27.7. The van der Waals surface area contributed by atoms with Crippen molar-refractivity contribution in [1.29, 1.82) is 0 Å². The number of ether oxygens (including phenoxy) is 2. The topological polar surface area (TPSA) is 40.5 Å². The molecule has 0 saturated heterocycles. The number of halogens is 1. The number of ketones is 1. The van der Waals surface area contributed by atoms with Gasteiger partial charge in [-0.3, -0.25) is 4.79 Å². The van der Waals surface area contributed by atoms with Crippen molar-refractivity contribution in [3.8, 4) is 11.5 Å². The van der Waals surface area contributed by atoms with Crippen LogP contribution in [0.5, 0.6) is 11.5 Å². The largest absolute Gasteiger partial charge is 0.492 e. The summed E-state index contributed by atoms with van der Waals surface area (Å²) in [4.78, 5) is 13.0. The first-order valence-corrected chi connectivity index (χ1v) is 10.3. The van der Waals surface area contributed by atoms with Crippen LogP contribution in [0.25, 0.3) is 10.9 Å². The van der Waals surface area contributed by atoms with Crippen molar-refractivity contribution >= 4 is 16.7 Å². The summed E-state index contributed by atoms with van der Waals surface area (Å²) in [6, 6.07) is 21.2. The zero-order chi connectivity index (χ0) is 21.8. The van der Waals surface area contributed by atoms with Crippen molar-refractivity contribution in [3.63, 3.8) is 0 Å². The highest BCUT2D eigenvalue weighted by atomic mass is 19.1. The maximum atomic E-state index is 14.2. The number of aromatic nitrogens is 1. The van der Waals surface area contributed by atoms with Gasteiger partial charge in [0.05, 0.1) is 18.2 Å². The number of rotatable bonds is 8. The van der Waals surface area contributed by atoms with E-state index in [-0.39, 0.29) is 17.5 Å². The lowest BCUT2D eigenvalue weighted by molar-refractivity contribution is 0.103. The van der Waals surface area contributed by atoms with Gasteiger partial charge >= 0.3 is 0 Å².